The first-order valence-corrected chi connectivity index (χ1v) is 2.45. The third-order valence-corrected chi connectivity index (χ3v) is 1.15. The Morgan fingerprint density at radius 1 is 1.62 bits per heavy atom. The topological polar surface area (TPSA) is 30.9 Å². The molecule has 8 heavy (non-hydrogen) atoms. The van der Waals surface area contributed by atoms with Crippen molar-refractivity contribution in [3.05, 3.63) is 12.4 Å². The van der Waals surface area contributed by atoms with Gasteiger partial charge in [-0.1, -0.05) is 0 Å². The Balaban J connectivity index is 2.20. The first-order chi connectivity index (χ1) is 3.97. The quantitative estimate of drug-likeness (QED) is 0.456. The summed E-state index contributed by atoms with van der Waals surface area (Å²) < 4.78 is 0. The van der Waals surface area contributed by atoms with Crippen molar-refractivity contribution in [3.63, 3.8) is 0 Å². The van der Waals surface area contributed by atoms with E-state index in [1.54, 1.807) is 6.34 Å². The van der Waals surface area contributed by atoms with Crippen LogP contribution in [0.25, 0.3) is 0 Å². The summed E-state index contributed by atoms with van der Waals surface area (Å²) in [5.74, 6) is 0. The highest BCUT2D eigenvalue weighted by Gasteiger charge is 2.14. The van der Waals surface area contributed by atoms with Crippen molar-refractivity contribution < 1.29 is 0 Å². The number of aliphatic imine (C=N–C) groups is 1. The molecule has 1 N–H and O–H groups in total. The van der Waals surface area contributed by atoms with Gasteiger partial charge in [0.25, 0.3) is 0 Å². The minimum absolute atomic E-state index is 0.740. The summed E-state index contributed by atoms with van der Waals surface area (Å²) in [6, 6.07) is 0. The van der Waals surface area contributed by atoms with Crippen molar-refractivity contribution >= 4 is 6.34 Å². The zero-order valence-electron chi connectivity index (χ0n) is 4.28. The summed E-state index contributed by atoms with van der Waals surface area (Å²) in [7, 11) is 0. The Morgan fingerprint density at radius 3 is 3.50 bits per heavy atom. The third-order valence-electron chi connectivity index (χ3n) is 1.15. The van der Waals surface area contributed by atoms with E-state index in [0.29, 0.717) is 0 Å². The first-order valence-electron chi connectivity index (χ1n) is 2.45. The number of hydrogen-bond donors (Lipinski definition) is 1. The van der Waals surface area contributed by atoms with E-state index in [2.05, 4.69) is 10.4 Å². The molecule has 0 saturated carbocycles. The maximum atomic E-state index is 3.98. The fraction of sp³-hybridized carbons (Fsp3) is 0.250. The molecule has 42 valence electrons. The molecule has 4 heteroatoms. The van der Waals surface area contributed by atoms with Crippen molar-refractivity contribution in [1.82, 2.24) is 15.6 Å². The standard InChI is InChI=1S/C4H6N4/c1-2-7-3-5-4-8(7)6-1/h1-2,4,6H,3H2. The van der Waals surface area contributed by atoms with E-state index in [0.717, 1.165) is 6.67 Å². The van der Waals surface area contributed by atoms with Crippen molar-refractivity contribution in [3.8, 4) is 0 Å². The minimum Gasteiger partial charge on any atom is -0.284 e. The molecule has 0 saturated heterocycles. The Kier molecular flexibility index (Phi) is 0.542. The highest BCUT2D eigenvalue weighted by atomic mass is 15.8. The van der Waals surface area contributed by atoms with Crippen molar-refractivity contribution in [1.29, 1.82) is 0 Å². The molecule has 2 heterocycles. The molecule has 0 aliphatic carbocycles. The molecule has 0 unspecified atom stereocenters. The summed E-state index contributed by atoms with van der Waals surface area (Å²) in [6.07, 6.45) is 5.55. The molecular formula is C4H6N4. The molecule has 0 aromatic carbocycles. The Bertz CT molecular complexity index is 132. The van der Waals surface area contributed by atoms with E-state index in [9.17, 15) is 0 Å². The summed E-state index contributed by atoms with van der Waals surface area (Å²) in [5.41, 5.74) is 2.95. The molecular weight excluding hydrogens is 104 g/mol. The van der Waals surface area contributed by atoms with Gasteiger partial charge in [-0.05, 0) is 0 Å². The molecule has 4 nitrogen and oxygen atoms in total. The van der Waals surface area contributed by atoms with Gasteiger partial charge in [-0.3, -0.25) is 5.43 Å². The smallest absolute Gasteiger partial charge is 0.133 e. The molecule has 2 rings (SSSR count). The number of nitrogens with zero attached hydrogens (tertiary/aromatic N) is 3. The van der Waals surface area contributed by atoms with E-state index in [1.165, 1.54) is 0 Å². The van der Waals surface area contributed by atoms with E-state index < -0.39 is 0 Å². The Morgan fingerprint density at radius 2 is 2.62 bits per heavy atom. The van der Waals surface area contributed by atoms with Gasteiger partial charge >= 0.3 is 0 Å². The van der Waals surface area contributed by atoms with Gasteiger partial charge in [-0.2, -0.15) is 5.12 Å². The maximum Gasteiger partial charge on any atom is 0.133 e. The number of hydrazine groups is 2. The highest BCUT2D eigenvalue weighted by molar-refractivity contribution is 5.56. The normalized spacial score (nSPS) is 22.0. The molecule has 0 aromatic rings. The number of rotatable bonds is 0. The van der Waals surface area contributed by atoms with Crippen LogP contribution in [-0.4, -0.2) is 23.1 Å². The van der Waals surface area contributed by atoms with Gasteiger partial charge in [0, 0.05) is 12.4 Å². The van der Waals surface area contributed by atoms with Crippen LogP contribution in [0.1, 0.15) is 0 Å². The summed E-state index contributed by atoms with van der Waals surface area (Å²) in [5, 5.41) is 3.78. The largest absolute Gasteiger partial charge is 0.284 e. The van der Waals surface area contributed by atoms with Gasteiger partial charge in [0.15, 0.2) is 0 Å². The minimum atomic E-state index is 0.740. The lowest BCUT2D eigenvalue weighted by molar-refractivity contribution is 0.126. The van der Waals surface area contributed by atoms with E-state index in [1.807, 2.05) is 22.5 Å². The van der Waals surface area contributed by atoms with Crippen LogP contribution in [-0.2, 0) is 0 Å². The van der Waals surface area contributed by atoms with E-state index in [4.69, 9.17) is 0 Å². The molecule has 0 fully saturated rings. The monoisotopic (exact) mass is 110 g/mol. The molecule has 0 bridgehead atoms. The molecule has 0 radical (unpaired) electrons. The summed E-state index contributed by atoms with van der Waals surface area (Å²) in [4.78, 5) is 3.98. The first kappa shape index (κ1) is 3.77. The van der Waals surface area contributed by atoms with Gasteiger partial charge in [0.2, 0.25) is 0 Å². The second-order valence-electron chi connectivity index (χ2n) is 1.67. The van der Waals surface area contributed by atoms with E-state index in [-0.39, 0.29) is 0 Å². The zero-order valence-corrected chi connectivity index (χ0v) is 4.28. The van der Waals surface area contributed by atoms with Crippen molar-refractivity contribution in [2.75, 3.05) is 6.67 Å². The van der Waals surface area contributed by atoms with E-state index >= 15 is 0 Å². The van der Waals surface area contributed by atoms with Crippen LogP contribution in [0.5, 0.6) is 0 Å². The van der Waals surface area contributed by atoms with Crippen molar-refractivity contribution in [2.24, 2.45) is 4.99 Å². The number of hydrogen-bond acceptors (Lipinski definition) is 4. The van der Waals surface area contributed by atoms with Gasteiger partial charge in [-0.25, -0.2) is 10.0 Å². The van der Waals surface area contributed by atoms with Gasteiger partial charge in [-0.15, -0.1) is 0 Å². The Hall–Kier alpha value is -1.19. The lowest BCUT2D eigenvalue weighted by Crippen LogP contribution is -2.35. The molecule has 2 aliphatic heterocycles. The van der Waals surface area contributed by atoms with Gasteiger partial charge in [0.05, 0.1) is 0 Å². The summed E-state index contributed by atoms with van der Waals surface area (Å²) in [6.45, 7) is 0.740. The second-order valence-corrected chi connectivity index (χ2v) is 1.67. The Labute approximate surface area is 47.0 Å². The third kappa shape index (κ3) is 0.318. The van der Waals surface area contributed by atoms with Crippen LogP contribution >= 0.6 is 0 Å². The zero-order chi connectivity index (χ0) is 5.40. The second kappa shape index (κ2) is 1.15. The fourth-order valence-electron chi connectivity index (χ4n) is 0.754. The maximum absolute atomic E-state index is 3.98. The predicted molar refractivity (Wildman–Crippen MR) is 29.3 cm³/mol. The SMILES string of the molecule is C1=CN2CN=CN2N1. The lowest BCUT2D eigenvalue weighted by atomic mass is 10.9. The van der Waals surface area contributed by atoms with Gasteiger partial charge < -0.3 is 0 Å². The number of nitrogens with one attached hydrogen (secondary N) is 1. The van der Waals surface area contributed by atoms with Crippen LogP contribution in [0.2, 0.25) is 0 Å². The van der Waals surface area contributed by atoms with Gasteiger partial charge in [0.1, 0.15) is 13.0 Å². The fourth-order valence-corrected chi connectivity index (χ4v) is 0.754. The molecule has 0 atom stereocenters. The summed E-state index contributed by atoms with van der Waals surface area (Å²) >= 11 is 0. The molecule has 2 aliphatic rings. The average Bonchev–Trinajstić information content (AvgIpc) is 2.15. The molecule has 0 spiro atoms. The van der Waals surface area contributed by atoms with Crippen molar-refractivity contribution in [2.45, 2.75) is 0 Å². The number of fused-ring (bicyclic) bond motifs is 1. The lowest BCUT2D eigenvalue weighted by Gasteiger charge is -2.17. The van der Waals surface area contributed by atoms with Crippen LogP contribution in [0.3, 0.4) is 0 Å². The average molecular weight is 110 g/mol. The van der Waals surface area contributed by atoms with Crippen LogP contribution < -0.4 is 5.43 Å². The predicted octanol–water partition coefficient (Wildman–Crippen LogP) is -0.506. The highest BCUT2D eigenvalue weighted by Crippen LogP contribution is 2.04. The molecule has 0 aromatic heterocycles. The van der Waals surface area contributed by atoms with Crippen LogP contribution in [0.4, 0.5) is 0 Å². The van der Waals surface area contributed by atoms with Crippen LogP contribution in [0.15, 0.2) is 17.4 Å². The molecule has 0 amide bonds. The van der Waals surface area contributed by atoms with Crippen LogP contribution in [0, 0.1) is 0 Å².